The Balaban J connectivity index is 1.09. The topological polar surface area (TPSA) is 48.5 Å². The smallest absolute Gasteiger partial charge is 0.166 e. The lowest BCUT2D eigenvalue weighted by Crippen LogP contribution is -2.04. The summed E-state index contributed by atoms with van der Waals surface area (Å²) in [5.41, 5.74) is 11.7. The van der Waals surface area contributed by atoms with E-state index in [1.165, 1.54) is 58.3 Å². The zero-order valence-electron chi connectivity index (χ0n) is 33.9. The molecule has 9 aromatic carbocycles. The molecule has 13 aromatic rings. The molecule has 0 saturated heterocycles. The van der Waals surface area contributed by atoms with Crippen LogP contribution in [-0.4, -0.2) is 24.1 Å². The van der Waals surface area contributed by atoms with E-state index >= 15 is 0 Å². The molecule has 6 heteroatoms. The van der Waals surface area contributed by atoms with Crippen molar-refractivity contribution >= 4 is 75.1 Å². The number of hydrogen-bond acceptors (Lipinski definition) is 4. The first-order valence-corrected chi connectivity index (χ1v) is 22.0. The third-order valence-electron chi connectivity index (χ3n) is 12.4. The van der Waals surface area contributed by atoms with E-state index in [1.807, 2.05) is 47.7 Å². The van der Waals surface area contributed by atoms with Crippen molar-refractivity contribution in [3.8, 4) is 56.7 Å². The molecule has 4 heterocycles. The molecule has 0 aliphatic rings. The highest BCUT2D eigenvalue weighted by Gasteiger charge is 2.22. The third-order valence-corrected chi connectivity index (χ3v) is 13.6. The number of hydrogen-bond donors (Lipinski definition) is 0. The quantitative estimate of drug-likeness (QED) is 0.168. The van der Waals surface area contributed by atoms with Crippen molar-refractivity contribution in [2.24, 2.45) is 0 Å². The molecule has 0 saturated carbocycles. The fraction of sp³-hybridized carbons (Fsp3) is 0. The van der Waals surface area contributed by atoms with Crippen LogP contribution in [0.5, 0.6) is 0 Å². The lowest BCUT2D eigenvalue weighted by atomic mass is 9.99. The van der Waals surface area contributed by atoms with Crippen LogP contribution in [0.1, 0.15) is 0 Å². The van der Waals surface area contributed by atoms with Gasteiger partial charge in [-0.05, 0) is 65.7 Å². The average Bonchev–Trinajstić information content (AvgIpc) is 4.02. The summed E-state index contributed by atoms with van der Waals surface area (Å²) in [6, 6.07) is 75.6. The van der Waals surface area contributed by atoms with Crippen LogP contribution in [0.3, 0.4) is 0 Å². The highest BCUT2D eigenvalue weighted by Crippen LogP contribution is 2.43. The maximum Gasteiger partial charge on any atom is 0.166 e. The summed E-state index contributed by atoms with van der Waals surface area (Å²) in [6.07, 6.45) is 0. The Bertz CT molecular complexity index is 3810. The molecule has 0 radical (unpaired) electrons. The first-order chi connectivity index (χ1) is 31.2. The van der Waals surface area contributed by atoms with E-state index in [4.69, 9.17) is 15.0 Å². The number of benzene rings is 9. The Morgan fingerprint density at radius 1 is 0.317 bits per heavy atom. The number of nitrogens with zero attached hydrogens (tertiary/aromatic N) is 5. The van der Waals surface area contributed by atoms with E-state index in [-0.39, 0.29) is 0 Å². The largest absolute Gasteiger partial charge is 0.309 e. The highest BCUT2D eigenvalue weighted by atomic mass is 32.1. The molecule has 0 spiro atoms. The molecule has 5 nitrogen and oxygen atoms in total. The second-order valence-electron chi connectivity index (χ2n) is 16.0. The fourth-order valence-electron chi connectivity index (χ4n) is 9.54. The molecule has 63 heavy (non-hydrogen) atoms. The van der Waals surface area contributed by atoms with Crippen molar-refractivity contribution in [1.82, 2.24) is 24.1 Å². The molecule has 0 aliphatic heterocycles. The van der Waals surface area contributed by atoms with Crippen LogP contribution < -0.4 is 0 Å². The van der Waals surface area contributed by atoms with Crippen molar-refractivity contribution in [3.05, 3.63) is 212 Å². The van der Waals surface area contributed by atoms with Gasteiger partial charge in [0.15, 0.2) is 17.5 Å². The van der Waals surface area contributed by atoms with Gasteiger partial charge in [-0.25, -0.2) is 15.0 Å². The summed E-state index contributed by atoms with van der Waals surface area (Å²) in [6.45, 7) is 0. The lowest BCUT2D eigenvalue weighted by molar-refractivity contribution is 1.06. The van der Waals surface area contributed by atoms with Crippen LogP contribution in [0.15, 0.2) is 212 Å². The summed E-state index contributed by atoms with van der Waals surface area (Å²) in [4.78, 5) is 15.7. The van der Waals surface area contributed by atoms with E-state index in [0.29, 0.717) is 17.5 Å². The molecular formula is C57H35N5S. The standard InChI is InChI=1S/C57H35N5S/c1-3-16-36(17-4-1)55-58-56(37-18-5-2-6-19-37)60-57(59-55)47-34-38(40-24-15-25-45-44-23-10-14-29-53(44)63-54(40)45)30-32-52(47)62-50-28-13-9-22-43(50)46-35-39(31-33-51(46)62)61-48-26-11-7-20-41(48)42-21-8-12-27-49(42)61/h1-35H. The summed E-state index contributed by atoms with van der Waals surface area (Å²) in [5.74, 6) is 1.86. The van der Waals surface area contributed by atoms with Gasteiger partial charge in [-0.15, -0.1) is 11.3 Å². The number of fused-ring (bicyclic) bond motifs is 9. The maximum absolute atomic E-state index is 5.33. The summed E-state index contributed by atoms with van der Waals surface area (Å²) >= 11 is 1.84. The van der Waals surface area contributed by atoms with Gasteiger partial charge in [-0.3, -0.25) is 0 Å². The second kappa shape index (κ2) is 14.2. The van der Waals surface area contributed by atoms with Gasteiger partial charge in [0.1, 0.15) is 0 Å². The van der Waals surface area contributed by atoms with E-state index in [9.17, 15) is 0 Å². The third kappa shape index (κ3) is 5.66. The molecular weight excluding hydrogens is 787 g/mol. The van der Waals surface area contributed by atoms with Gasteiger partial charge >= 0.3 is 0 Å². The predicted molar refractivity (Wildman–Crippen MR) is 263 cm³/mol. The molecule has 4 aromatic heterocycles. The monoisotopic (exact) mass is 821 g/mol. The normalized spacial score (nSPS) is 11.8. The van der Waals surface area contributed by atoms with Crippen molar-refractivity contribution in [2.45, 2.75) is 0 Å². The van der Waals surface area contributed by atoms with E-state index in [0.717, 1.165) is 44.7 Å². The number of aromatic nitrogens is 5. The van der Waals surface area contributed by atoms with Crippen LogP contribution in [0.2, 0.25) is 0 Å². The minimum absolute atomic E-state index is 0.607. The minimum Gasteiger partial charge on any atom is -0.309 e. The molecule has 13 rings (SSSR count). The molecule has 0 atom stereocenters. The van der Waals surface area contributed by atoms with Gasteiger partial charge in [0.05, 0.1) is 27.8 Å². The lowest BCUT2D eigenvalue weighted by Gasteiger charge is -2.17. The van der Waals surface area contributed by atoms with Crippen LogP contribution in [0.25, 0.3) is 120 Å². The van der Waals surface area contributed by atoms with Crippen LogP contribution >= 0.6 is 11.3 Å². The SMILES string of the molecule is c1ccc(-c2nc(-c3ccccc3)nc(-c3cc(-c4cccc5c4sc4ccccc45)ccc3-n3c4ccccc4c4cc(-n5c6ccccc6c6ccccc65)ccc43)n2)cc1. The van der Waals surface area contributed by atoms with E-state index in [2.05, 4.69) is 185 Å². The molecule has 0 amide bonds. The molecule has 0 N–H and O–H groups in total. The second-order valence-corrected chi connectivity index (χ2v) is 17.0. The molecule has 0 aliphatic carbocycles. The van der Waals surface area contributed by atoms with Gasteiger partial charge in [-0.2, -0.15) is 0 Å². The van der Waals surface area contributed by atoms with Gasteiger partial charge < -0.3 is 9.13 Å². The Morgan fingerprint density at radius 3 is 1.51 bits per heavy atom. The van der Waals surface area contributed by atoms with Crippen molar-refractivity contribution in [1.29, 1.82) is 0 Å². The van der Waals surface area contributed by atoms with E-state index in [1.54, 1.807) is 0 Å². The fourth-order valence-corrected chi connectivity index (χ4v) is 10.8. The summed E-state index contributed by atoms with van der Waals surface area (Å²) in [5, 5.41) is 7.37. The molecule has 0 unspecified atom stereocenters. The average molecular weight is 822 g/mol. The van der Waals surface area contributed by atoms with Crippen molar-refractivity contribution in [2.75, 3.05) is 0 Å². The van der Waals surface area contributed by atoms with Crippen LogP contribution in [0, 0.1) is 0 Å². The van der Waals surface area contributed by atoms with Crippen LogP contribution in [0.4, 0.5) is 0 Å². The van der Waals surface area contributed by atoms with Gasteiger partial charge in [0.25, 0.3) is 0 Å². The minimum atomic E-state index is 0.607. The summed E-state index contributed by atoms with van der Waals surface area (Å²) < 4.78 is 7.33. The Morgan fingerprint density at radius 2 is 0.841 bits per heavy atom. The Kier molecular flexibility index (Phi) is 8.01. The van der Waals surface area contributed by atoms with Gasteiger partial charge in [-0.1, -0.05) is 158 Å². The number of para-hydroxylation sites is 3. The van der Waals surface area contributed by atoms with E-state index < -0.39 is 0 Å². The Hall–Kier alpha value is -8.19. The molecule has 0 bridgehead atoms. The number of rotatable bonds is 6. The highest BCUT2D eigenvalue weighted by molar-refractivity contribution is 7.26. The first-order valence-electron chi connectivity index (χ1n) is 21.2. The van der Waals surface area contributed by atoms with Crippen molar-refractivity contribution < 1.29 is 0 Å². The number of thiophene rings is 1. The zero-order valence-corrected chi connectivity index (χ0v) is 34.7. The summed E-state index contributed by atoms with van der Waals surface area (Å²) in [7, 11) is 0. The maximum atomic E-state index is 5.33. The zero-order chi connectivity index (χ0) is 41.4. The van der Waals surface area contributed by atoms with Crippen molar-refractivity contribution in [3.63, 3.8) is 0 Å². The van der Waals surface area contributed by atoms with Crippen LogP contribution in [-0.2, 0) is 0 Å². The molecule has 0 fully saturated rings. The molecule has 294 valence electrons. The Labute approximate surface area is 366 Å². The first kappa shape index (κ1) is 35.6. The predicted octanol–water partition coefficient (Wildman–Crippen LogP) is 15.1. The van der Waals surface area contributed by atoms with Gasteiger partial charge in [0.2, 0.25) is 0 Å². The van der Waals surface area contributed by atoms with Gasteiger partial charge in [0, 0.05) is 64.1 Å².